The number of allylic oxidation sites excluding steroid dienone is 3. The summed E-state index contributed by atoms with van der Waals surface area (Å²) < 4.78 is 5.50. The lowest BCUT2D eigenvalue weighted by atomic mass is 10.0. The zero-order valence-corrected chi connectivity index (χ0v) is 56.5. The molecule has 0 radical (unpaired) electrons. The van der Waals surface area contributed by atoms with Gasteiger partial charge >= 0.3 is 5.97 Å². The van der Waals surface area contributed by atoms with Gasteiger partial charge in [0.15, 0.2) is 0 Å². The molecule has 0 aliphatic heterocycles. The van der Waals surface area contributed by atoms with Crippen LogP contribution in [0.1, 0.15) is 431 Å². The highest BCUT2D eigenvalue weighted by molar-refractivity contribution is 5.76. The molecule has 3 N–H and O–H groups in total. The van der Waals surface area contributed by atoms with Crippen molar-refractivity contribution in [1.82, 2.24) is 5.32 Å². The fourth-order valence-corrected chi connectivity index (χ4v) is 12.2. The van der Waals surface area contributed by atoms with Gasteiger partial charge in [0.1, 0.15) is 0 Å². The van der Waals surface area contributed by atoms with E-state index in [0.717, 1.165) is 44.9 Å². The molecule has 2 unspecified atom stereocenters. The second kappa shape index (κ2) is 72.8. The lowest BCUT2D eigenvalue weighted by Gasteiger charge is -2.20. The van der Waals surface area contributed by atoms with E-state index < -0.39 is 12.1 Å². The van der Waals surface area contributed by atoms with E-state index in [0.29, 0.717) is 19.4 Å². The van der Waals surface area contributed by atoms with Crippen LogP contribution in [0.3, 0.4) is 0 Å². The van der Waals surface area contributed by atoms with Gasteiger partial charge in [-0.1, -0.05) is 385 Å². The number of hydrogen-bond donors (Lipinski definition) is 3. The lowest BCUT2D eigenvalue weighted by Crippen LogP contribution is -2.45. The molecule has 0 saturated heterocycles. The molecule has 0 aliphatic carbocycles. The lowest BCUT2D eigenvalue weighted by molar-refractivity contribution is -0.143. The van der Waals surface area contributed by atoms with Crippen LogP contribution in [0, 0.1) is 0 Å². The van der Waals surface area contributed by atoms with Crippen molar-refractivity contribution in [2.24, 2.45) is 0 Å². The first-order chi connectivity index (χ1) is 41.0. The molecule has 83 heavy (non-hydrogen) atoms. The zero-order chi connectivity index (χ0) is 59.9. The van der Waals surface area contributed by atoms with E-state index in [-0.39, 0.29) is 18.5 Å². The summed E-state index contributed by atoms with van der Waals surface area (Å²) in [7, 11) is 0. The molecule has 0 bridgehead atoms. The molecule has 0 fully saturated rings. The average Bonchev–Trinajstić information content (AvgIpc) is 3.49. The van der Waals surface area contributed by atoms with Crippen molar-refractivity contribution in [2.45, 2.75) is 443 Å². The van der Waals surface area contributed by atoms with E-state index in [4.69, 9.17) is 4.74 Å². The summed E-state index contributed by atoms with van der Waals surface area (Å²) in [6, 6.07) is -0.628. The Kier molecular flexibility index (Phi) is 71.4. The number of hydrogen-bond acceptors (Lipinski definition) is 5. The fraction of sp³-hybridized carbons (Fsp3) is 0.922. The van der Waals surface area contributed by atoms with Gasteiger partial charge in [-0.3, -0.25) is 9.59 Å². The topological polar surface area (TPSA) is 95.9 Å². The van der Waals surface area contributed by atoms with Crippen molar-refractivity contribution in [1.29, 1.82) is 0 Å². The predicted molar refractivity (Wildman–Crippen MR) is 366 cm³/mol. The van der Waals surface area contributed by atoms with Crippen LogP contribution in [0.5, 0.6) is 0 Å². The molecule has 0 aromatic heterocycles. The minimum atomic E-state index is -0.844. The highest BCUT2D eigenvalue weighted by Gasteiger charge is 2.18. The van der Waals surface area contributed by atoms with Gasteiger partial charge in [0.2, 0.25) is 5.91 Å². The van der Waals surface area contributed by atoms with Crippen LogP contribution in [0.15, 0.2) is 24.3 Å². The molecule has 0 aliphatic rings. The maximum Gasteiger partial charge on any atom is 0.305 e. The number of aliphatic hydroxyl groups excluding tert-OH is 2. The average molecular weight is 1170 g/mol. The highest BCUT2D eigenvalue weighted by atomic mass is 16.5. The minimum Gasteiger partial charge on any atom is -0.466 e. The summed E-state index contributed by atoms with van der Waals surface area (Å²) in [5.41, 5.74) is 0. The molecule has 0 spiro atoms. The molecule has 0 aromatic carbocycles. The number of esters is 1. The van der Waals surface area contributed by atoms with Crippen LogP contribution >= 0.6 is 0 Å². The van der Waals surface area contributed by atoms with E-state index in [2.05, 4.69) is 31.3 Å². The highest BCUT2D eigenvalue weighted by Crippen LogP contribution is 2.20. The Labute approximate surface area is 520 Å². The number of nitrogens with one attached hydrogen (secondary N) is 1. The van der Waals surface area contributed by atoms with E-state index in [9.17, 15) is 19.8 Å². The van der Waals surface area contributed by atoms with Crippen molar-refractivity contribution in [3.8, 4) is 0 Å². The van der Waals surface area contributed by atoms with Gasteiger partial charge in [-0.15, -0.1) is 0 Å². The molecule has 0 aromatic rings. The first-order valence-corrected chi connectivity index (χ1v) is 38.1. The Morgan fingerprint density at radius 1 is 0.325 bits per heavy atom. The third-order valence-electron chi connectivity index (χ3n) is 18.0. The summed E-state index contributed by atoms with van der Waals surface area (Å²) in [6.07, 6.45) is 92.8. The van der Waals surface area contributed by atoms with E-state index in [1.807, 2.05) is 6.08 Å². The first-order valence-electron chi connectivity index (χ1n) is 38.1. The molecule has 0 heterocycles. The number of amides is 1. The van der Waals surface area contributed by atoms with Crippen LogP contribution < -0.4 is 5.32 Å². The van der Waals surface area contributed by atoms with Crippen LogP contribution in [0.25, 0.3) is 0 Å². The standard InChI is InChI=1S/C77H149NO5/c1-3-5-7-9-11-13-15-17-19-21-22-23-24-29-32-35-38-41-45-49-53-57-61-65-69-75(80)74(73-79)78-76(81)70-66-62-58-54-50-46-42-39-36-33-30-27-25-26-28-31-34-37-40-44-48-52-56-60-64-68-72-83-77(82)71-67-63-59-55-51-47-43-20-18-16-14-12-10-8-6-4-2/h20,43,65,69,74-75,79-80H,3-19,21-42,44-64,66-68,70-73H2,1-2H3,(H,78,81)/b43-20-,69-65+. The third-order valence-corrected chi connectivity index (χ3v) is 18.0. The molecule has 6 nitrogen and oxygen atoms in total. The van der Waals surface area contributed by atoms with Gasteiger partial charge in [0.25, 0.3) is 0 Å². The van der Waals surface area contributed by atoms with Crippen molar-refractivity contribution in [3.05, 3.63) is 24.3 Å². The minimum absolute atomic E-state index is 0.0105. The van der Waals surface area contributed by atoms with Crippen LogP contribution in [0.4, 0.5) is 0 Å². The summed E-state index contributed by atoms with van der Waals surface area (Å²) in [5, 5.41) is 23.3. The predicted octanol–water partition coefficient (Wildman–Crippen LogP) is 24.9. The molecule has 6 heteroatoms. The Morgan fingerprint density at radius 3 is 0.855 bits per heavy atom. The SMILES string of the molecule is CCCCCCCCC/C=C\CCCCCCCC(=O)OCCCCCCCCCCCCCCCCCCCCCCCCCCCCC(=O)NC(CO)C(O)/C=C/CCCCCCCCCCCCCCCCCCCCCCCC. The number of rotatable bonds is 72. The largest absolute Gasteiger partial charge is 0.466 e. The van der Waals surface area contributed by atoms with Crippen LogP contribution in [-0.2, 0) is 14.3 Å². The maximum absolute atomic E-state index is 12.5. The Bertz CT molecular complexity index is 1300. The van der Waals surface area contributed by atoms with Crippen molar-refractivity contribution in [2.75, 3.05) is 13.2 Å². The summed E-state index contributed by atoms with van der Waals surface area (Å²) >= 11 is 0. The monoisotopic (exact) mass is 1170 g/mol. The van der Waals surface area contributed by atoms with Gasteiger partial charge in [0.05, 0.1) is 25.4 Å². The molecule has 492 valence electrons. The molecule has 1 amide bonds. The van der Waals surface area contributed by atoms with Crippen molar-refractivity contribution in [3.63, 3.8) is 0 Å². The molecular formula is C77H149NO5. The van der Waals surface area contributed by atoms with E-state index in [1.54, 1.807) is 6.08 Å². The van der Waals surface area contributed by atoms with Crippen molar-refractivity contribution < 1.29 is 24.5 Å². The smallest absolute Gasteiger partial charge is 0.305 e. The summed E-state index contributed by atoms with van der Waals surface area (Å²) in [6.45, 7) is 4.95. The number of carbonyl (C=O) groups excluding carboxylic acids is 2. The molecular weight excluding hydrogens is 1020 g/mol. The number of unbranched alkanes of at least 4 members (excludes halogenated alkanes) is 59. The summed E-state index contributed by atoms with van der Waals surface area (Å²) in [5.74, 6) is -0.0502. The molecule has 0 saturated carbocycles. The van der Waals surface area contributed by atoms with Gasteiger partial charge in [-0.05, 0) is 57.8 Å². The molecule has 2 atom stereocenters. The maximum atomic E-state index is 12.5. The second-order valence-corrected chi connectivity index (χ2v) is 26.3. The fourth-order valence-electron chi connectivity index (χ4n) is 12.2. The first kappa shape index (κ1) is 81.3. The Morgan fingerprint density at radius 2 is 0.566 bits per heavy atom. The quantitative estimate of drug-likeness (QED) is 0.0320. The normalized spacial score (nSPS) is 12.6. The van der Waals surface area contributed by atoms with Crippen LogP contribution in [-0.4, -0.2) is 47.4 Å². The van der Waals surface area contributed by atoms with Gasteiger partial charge < -0.3 is 20.3 Å². The Hall–Kier alpha value is -1.66. The van der Waals surface area contributed by atoms with Gasteiger partial charge in [0, 0.05) is 12.8 Å². The van der Waals surface area contributed by atoms with E-state index in [1.165, 1.54) is 360 Å². The number of carbonyl (C=O) groups is 2. The van der Waals surface area contributed by atoms with E-state index >= 15 is 0 Å². The number of ether oxygens (including phenoxy) is 1. The third kappa shape index (κ3) is 69.3. The molecule has 0 rings (SSSR count). The second-order valence-electron chi connectivity index (χ2n) is 26.3. The zero-order valence-electron chi connectivity index (χ0n) is 56.5. The van der Waals surface area contributed by atoms with Gasteiger partial charge in [-0.25, -0.2) is 0 Å². The van der Waals surface area contributed by atoms with Crippen LogP contribution in [0.2, 0.25) is 0 Å². The number of aliphatic hydroxyl groups is 2. The summed E-state index contributed by atoms with van der Waals surface area (Å²) in [4.78, 5) is 24.6. The van der Waals surface area contributed by atoms with Crippen molar-refractivity contribution >= 4 is 11.9 Å². The Balaban J connectivity index is 3.38. The van der Waals surface area contributed by atoms with Gasteiger partial charge in [-0.2, -0.15) is 0 Å².